The summed E-state index contributed by atoms with van der Waals surface area (Å²) < 4.78 is 5.46. The lowest BCUT2D eigenvalue weighted by molar-refractivity contribution is -0.149. The van der Waals surface area contributed by atoms with Crippen LogP contribution in [0, 0.1) is 0 Å². The Morgan fingerprint density at radius 1 is 1.44 bits per heavy atom. The minimum absolute atomic E-state index is 0.104. The Hall–Kier alpha value is -0.610. The van der Waals surface area contributed by atoms with Gasteiger partial charge in [0.05, 0.1) is 6.10 Å². The van der Waals surface area contributed by atoms with E-state index < -0.39 is 12.1 Å². The summed E-state index contributed by atoms with van der Waals surface area (Å²) in [6, 6.07) is 0. The second-order valence-corrected chi connectivity index (χ2v) is 4.63. The number of carboxylic acid groups (broad SMARTS) is 1. The average Bonchev–Trinajstić information content (AvgIpc) is 2.66. The summed E-state index contributed by atoms with van der Waals surface area (Å²) >= 11 is 0. The zero-order chi connectivity index (χ0) is 12.0. The normalized spacial score (nSPS) is 25.2. The fourth-order valence-corrected chi connectivity index (χ4v) is 2.09. The van der Waals surface area contributed by atoms with Gasteiger partial charge in [-0.1, -0.05) is 19.8 Å². The Morgan fingerprint density at radius 2 is 2.19 bits per heavy atom. The second-order valence-electron chi connectivity index (χ2n) is 4.63. The summed E-state index contributed by atoms with van der Waals surface area (Å²) in [5.41, 5.74) is 0. The van der Waals surface area contributed by atoms with E-state index in [2.05, 4.69) is 18.9 Å². The van der Waals surface area contributed by atoms with E-state index in [9.17, 15) is 4.79 Å². The topological polar surface area (TPSA) is 49.8 Å². The van der Waals surface area contributed by atoms with Gasteiger partial charge < -0.3 is 14.7 Å². The molecule has 1 saturated heterocycles. The standard InChI is InChI=1S/C12H23NO3/c1-3-4-5-8-13(2)9-10-6-7-11(16-10)12(14)15/h10-11H,3-9H2,1-2H3,(H,14,15). The van der Waals surface area contributed by atoms with Gasteiger partial charge >= 0.3 is 5.97 Å². The lowest BCUT2D eigenvalue weighted by atomic mass is 10.2. The number of carbonyl (C=O) groups is 1. The Bertz CT molecular complexity index is 220. The van der Waals surface area contributed by atoms with Crippen molar-refractivity contribution in [3.8, 4) is 0 Å². The molecule has 16 heavy (non-hydrogen) atoms. The third-order valence-corrected chi connectivity index (χ3v) is 3.04. The fourth-order valence-electron chi connectivity index (χ4n) is 2.09. The monoisotopic (exact) mass is 229 g/mol. The predicted octanol–water partition coefficient (Wildman–Crippen LogP) is 1.74. The molecular formula is C12H23NO3. The highest BCUT2D eigenvalue weighted by Crippen LogP contribution is 2.20. The van der Waals surface area contributed by atoms with Crippen molar-refractivity contribution in [3.63, 3.8) is 0 Å². The zero-order valence-electron chi connectivity index (χ0n) is 10.3. The van der Waals surface area contributed by atoms with E-state index in [0.29, 0.717) is 6.42 Å². The van der Waals surface area contributed by atoms with E-state index in [1.807, 2.05) is 0 Å². The maximum Gasteiger partial charge on any atom is 0.332 e. The molecule has 4 heteroatoms. The van der Waals surface area contributed by atoms with E-state index in [0.717, 1.165) is 19.5 Å². The van der Waals surface area contributed by atoms with Crippen molar-refractivity contribution >= 4 is 5.97 Å². The quantitative estimate of drug-likeness (QED) is 0.676. The lowest BCUT2D eigenvalue weighted by Gasteiger charge is -2.20. The summed E-state index contributed by atoms with van der Waals surface area (Å²) in [5.74, 6) is -0.823. The van der Waals surface area contributed by atoms with Gasteiger partial charge in [0.1, 0.15) is 0 Å². The van der Waals surface area contributed by atoms with Gasteiger partial charge in [-0.2, -0.15) is 0 Å². The van der Waals surface area contributed by atoms with Gasteiger partial charge in [-0.15, -0.1) is 0 Å². The lowest BCUT2D eigenvalue weighted by Crippen LogP contribution is -2.31. The molecule has 0 bridgehead atoms. The Morgan fingerprint density at radius 3 is 2.75 bits per heavy atom. The summed E-state index contributed by atoms with van der Waals surface area (Å²) in [6.45, 7) is 4.12. The van der Waals surface area contributed by atoms with Crippen LogP contribution < -0.4 is 0 Å². The molecule has 2 unspecified atom stereocenters. The number of likely N-dealkylation sites (N-methyl/N-ethyl adjacent to an activating group) is 1. The van der Waals surface area contributed by atoms with Gasteiger partial charge in [-0.3, -0.25) is 0 Å². The maximum absolute atomic E-state index is 10.7. The van der Waals surface area contributed by atoms with E-state index in [1.165, 1.54) is 19.3 Å². The Balaban J connectivity index is 2.15. The molecule has 0 radical (unpaired) electrons. The Labute approximate surface area is 97.6 Å². The van der Waals surface area contributed by atoms with Gasteiger partial charge in [0, 0.05) is 6.54 Å². The minimum Gasteiger partial charge on any atom is -0.479 e. The number of nitrogens with zero attached hydrogens (tertiary/aromatic N) is 1. The molecule has 1 fully saturated rings. The summed E-state index contributed by atoms with van der Waals surface area (Å²) in [7, 11) is 2.08. The van der Waals surface area contributed by atoms with Crippen LogP contribution in [0.5, 0.6) is 0 Å². The fraction of sp³-hybridized carbons (Fsp3) is 0.917. The van der Waals surface area contributed by atoms with E-state index >= 15 is 0 Å². The van der Waals surface area contributed by atoms with Crippen molar-refractivity contribution in [1.29, 1.82) is 0 Å². The van der Waals surface area contributed by atoms with Crippen molar-refractivity contribution < 1.29 is 14.6 Å². The van der Waals surface area contributed by atoms with Crippen molar-refractivity contribution in [1.82, 2.24) is 4.90 Å². The van der Waals surface area contributed by atoms with Crippen molar-refractivity contribution in [2.75, 3.05) is 20.1 Å². The molecule has 0 aliphatic carbocycles. The van der Waals surface area contributed by atoms with Gasteiger partial charge in [-0.25, -0.2) is 4.79 Å². The van der Waals surface area contributed by atoms with Crippen LogP contribution in [0.2, 0.25) is 0 Å². The van der Waals surface area contributed by atoms with Crippen LogP contribution in [-0.4, -0.2) is 48.3 Å². The molecule has 4 nitrogen and oxygen atoms in total. The smallest absolute Gasteiger partial charge is 0.332 e. The summed E-state index contributed by atoms with van der Waals surface area (Å²) in [6.07, 6.45) is 4.75. The number of ether oxygens (including phenoxy) is 1. The molecule has 1 rings (SSSR count). The van der Waals surface area contributed by atoms with Crippen LogP contribution in [-0.2, 0) is 9.53 Å². The third kappa shape index (κ3) is 4.49. The molecule has 0 amide bonds. The SMILES string of the molecule is CCCCCN(C)CC1CCC(C(=O)O)O1. The van der Waals surface area contributed by atoms with Gasteiger partial charge in [0.15, 0.2) is 6.10 Å². The van der Waals surface area contributed by atoms with Crippen LogP contribution >= 0.6 is 0 Å². The van der Waals surface area contributed by atoms with Gasteiger partial charge in [-0.05, 0) is 32.9 Å². The highest BCUT2D eigenvalue weighted by molar-refractivity contribution is 5.72. The largest absolute Gasteiger partial charge is 0.479 e. The van der Waals surface area contributed by atoms with Crippen LogP contribution in [0.1, 0.15) is 39.0 Å². The molecule has 0 spiro atoms. The first-order valence-electron chi connectivity index (χ1n) is 6.20. The van der Waals surface area contributed by atoms with Crippen LogP contribution in [0.25, 0.3) is 0 Å². The van der Waals surface area contributed by atoms with E-state index in [4.69, 9.17) is 9.84 Å². The molecule has 0 aromatic heterocycles. The number of unbranched alkanes of at least 4 members (excludes halogenated alkanes) is 2. The number of hydrogen-bond donors (Lipinski definition) is 1. The van der Waals surface area contributed by atoms with E-state index in [-0.39, 0.29) is 6.10 Å². The number of aliphatic carboxylic acids is 1. The van der Waals surface area contributed by atoms with Crippen LogP contribution in [0.3, 0.4) is 0 Å². The first-order valence-corrected chi connectivity index (χ1v) is 6.20. The van der Waals surface area contributed by atoms with E-state index in [1.54, 1.807) is 0 Å². The molecule has 1 aliphatic rings. The molecule has 1 heterocycles. The molecular weight excluding hydrogens is 206 g/mol. The molecule has 0 aromatic rings. The molecule has 94 valence electrons. The first kappa shape index (κ1) is 13.5. The summed E-state index contributed by atoms with van der Waals surface area (Å²) in [5, 5.41) is 8.80. The zero-order valence-corrected chi connectivity index (χ0v) is 10.3. The van der Waals surface area contributed by atoms with Gasteiger partial charge in [0.2, 0.25) is 0 Å². The molecule has 1 aliphatic heterocycles. The summed E-state index contributed by atoms with van der Waals surface area (Å²) in [4.78, 5) is 12.9. The molecule has 2 atom stereocenters. The minimum atomic E-state index is -0.823. The second kappa shape index (κ2) is 6.86. The molecule has 0 saturated carbocycles. The molecule has 1 N–H and O–H groups in total. The number of hydrogen-bond acceptors (Lipinski definition) is 3. The Kier molecular flexibility index (Phi) is 5.77. The predicted molar refractivity (Wildman–Crippen MR) is 62.6 cm³/mol. The highest BCUT2D eigenvalue weighted by Gasteiger charge is 2.30. The maximum atomic E-state index is 10.7. The number of rotatable bonds is 7. The van der Waals surface area contributed by atoms with Crippen molar-refractivity contribution in [3.05, 3.63) is 0 Å². The van der Waals surface area contributed by atoms with Crippen molar-refractivity contribution in [2.24, 2.45) is 0 Å². The number of carboxylic acids is 1. The van der Waals surface area contributed by atoms with Gasteiger partial charge in [0.25, 0.3) is 0 Å². The van der Waals surface area contributed by atoms with Crippen LogP contribution in [0.4, 0.5) is 0 Å². The van der Waals surface area contributed by atoms with Crippen molar-refractivity contribution in [2.45, 2.75) is 51.2 Å². The highest BCUT2D eigenvalue weighted by atomic mass is 16.5. The third-order valence-electron chi connectivity index (χ3n) is 3.04. The molecule has 0 aromatic carbocycles. The van der Waals surface area contributed by atoms with Crippen LogP contribution in [0.15, 0.2) is 0 Å². The average molecular weight is 229 g/mol. The first-order chi connectivity index (χ1) is 7.63.